The number of hydrogen-bond donors (Lipinski definition) is 0. The second kappa shape index (κ2) is 8.11. The molecule has 0 radical (unpaired) electrons. The number of aryl methyl sites for hydroxylation is 1. The second-order valence-corrected chi connectivity index (χ2v) is 7.72. The molecule has 4 nitrogen and oxygen atoms in total. The first-order valence-corrected chi connectivity index (χ1v) is 9.35. The van der Waals surface area contributed by atoms with E-state index in [0.29, 0.717) is 5.57 Å². The van der Waals surface area contributed by atoms with Crippen molar-refractivity contribution < 1.29 is 13.2 Å². The van der Waals surface area contributed by atoms with E-state index in [1.54, 1.807) is 36.4 Å². The van der Waals surface area contributed by atoms with Crippen molar-refractivity contribution in [3.8, 4) is 11.8 Å². The fourth-order valence-corrected chi connectivity index (χ4v) is 3.65. The molecular weight excluding hydrogens is 334 g/mol. The van der Waals surface area contributed by atoms with Crippen LogP contribution in [-0.2, 0) is 14.8 Å². The lowest BCUT2D eigenvalue weighted by Crippen LogP contribution is -2.31. The van der Waals surface area contributed by atoms with Crippen molar-refractivity contribution in [1.29, 1.82) is 0 Å². The summed E-state index contributed by atoms with van der Waals surface area (Å²) in [6.45, 7) is 7.28. The molecular formula is C20H21NO3S. The molecule has 5 heteroatoms. The van der Waals surface area contributed by atoms with Gasteiger partial charge in [0.2, 0.25) is 10.0 Å². The average molecular weight is 355 g/mol. The molecule has 0 saturated carbocycles. The quantitative estimate of drug-likeness (QED) is 0.582. The summed E-state index contributed by atoms with van der Waals surface area (Å²) >= 11 is 0. The van der Waals surface area contributed by atoms with Gasteiger partial charge in [0.1, 0.15) is 0 Å². The highest BCUT2D eigenvalue weighted by atomic mass is 32.2. The van der Waals surface area contributed by atoms with E-state index >= 15 is 0 Å². The first-order chi connectivity index (χ1) is 11.8. The van der Waals surface area contributed by atoms with Gasteiger partial charge in [0.05, 0.1) is 17.4 Å². The predicted molar refractivity (Wildman–Crippen MR) is 99.3 cm³/mol. The van der Waals surface area contributed by atoms with E-state index in [1.807, 2.05) is 13.0 Å². The summed E-state index contributed by atoms with van der Waals surface area (Å²) in [6, 6.07) is 6.72. The third-order valence-electron chi connectivity index (χ3n) is 3.76. The van der Waals surface area contributed by atoms with Crippen molar-refractivity contribution in [2.45, 2.75) is 18.7 Å². The largest absolute Gasteiger partial charge is 0.295 e. The molecule has 0 saturated heterocycles. The molecule has 25 heavy (non-hydrogen) atoms. The van der Waals surface area contributed by atoms with Gasteiger partial charge in [0.15, 0.2) is 5.78 Å². The van der Waals surface area contributed by atoms with E-state index in [9.17, 15) is 13.2 Å². The molecule has 1 unspecified atom stereocenters. The minimum absolute atomic E-state index is 0.00390. The van der Waals surface area contributed by atoms with Gasteiger partial charge in [-0.25, -0.2) is 8.42 Å². The van der Waals surface area contributed by atoms with Gasteiger partial charge in [-0.1, -0.05) is 53.8 Å². The molecule has 1 atom stereocenters. The van der Waals surface area contributed by atoms with E-state index in [1.165, 1.54) is 17.3 Å². The number of allylic oxidation sites excluding steroid dienone is 4. The minimum Gasteiger partial charge on any atom is -0.295 e. The third-order valence-corrected chi connectivity index (χ3v) is 5.59. The highest BCUT2D eigenvalue weighted by Gasteiger charge is 2.22. The summed E-state index contributed by atoms with van der Waals surface area (Å²) < 4.78 is 26.8. The molecule has 0 aromatic heterocycles. The Morgan fingerprint density at radius 1 is 1.32 bits per heavy atom. The Morgan fingerprint density at radius 3 is 2.56 bits per heavy atom. The Bertz CT molecular complexity index is 881. The molecule has 130 valence electrons. The van der Waals surface area contributed by atoms with Crippen LogP contribution in [0.2, 0.25) is 0 Å². The highest BCUT2D eigenvalue weighted by Crippen LogP contribution is 2.17. The van der Waals surface area contributed by atoms with Crippen LogP contribution in [0.3, 0.4) is 0 Å². The number of ketones is 1. The minimum atomic E-state index is -3.63. The van der Waals surface area contributed by atoms with Crippen LogP contribution in [-0.4, -0.2) is 31.6 Å². The number of carbonyl (C=O) groups is 1. The van der Waals surface area contributed by atoms with Crippen LogP contribution < -0.4 is 0 Å². The van der Waals surface area contributed by atoms with Crippen molar-refractivity contribution >= 4 is 15.8 Å². The number of benzene rings is 1. The van der Waals surface area contributed by atoms with E-state index in [4.69, 9.17) is 0 Å². The van der Waals surface area contributed by atoms with Gasteiger partial charge in [-0.15, -0.1) is 6.58 Å². The average Bonchev–Trinajstić information content (AvgIpc) is 3.03. The SMILES string of the molecule is C=CCN(CC#CC1C=CC(C(C)=O)=C1)S(=O)(=O)c1ccc(C)cc1. The van der Waals surface area contributed by atoms with Crippen LogP contribution in [0.25, 0.3) is 0 Å². The molecule has 1 aromatic carbocycles. The van der Waals surface area contributed by atoms with E-state index in [2.05, 4.69) is 18.4 Å². The van der Waals surface area contributed by atoms with Crippen molar-refractivity contribution in [3.05, 3.63) is 66.3 Å². The molecule has 2 rings (SSSR count). The first-order valence-electron chi connectivity index (χ1n) is 7.91. The maximum atomic E-state index is 12.7. The van der Waals surface area contributed by atoms with E-state index < -0.39 is 10.0 Å². The van der Waals surface area contributed by atoms with Crippen molar-refractivity contribution in [2.24, 2.45) is 5.92 Å². The van der Waals surface area contributed by atoms with Crippen LogP contribution in [0.5, 0.6) is 0 Å². The van der Waals surface area contributed by atoms with Gasteiger partial charge in [-0.05, 0) is 26.0 Å². The molecule has 1 aromatic rings. The standard InChI is InChI=1S/C20H21NO3S/c1-4-13-21(25(23,24)20-11-7-16(2)8-12-20)14-5-6-18-9-10-19(15-18)17(3)22/h4,7-12,15,18H,1,13-14H2,2-3H3. The molecule has 0 spiro atoms. The Balaban J connectivity index is 2.16. The van der Waals surface area contributed by atoms with Crippen molar-refractivity contribution in [1.82, 2.24) is 4.31 Å². The summed E-state index contributed by atoms with van der Waals surface area (Å²) in [6.07, 6.45) is 6.89. The molecule has 0 N–H and O–H groups in total. The summed E-state index contributed by atoms with van der Waals surface area (Å²) in [4.78, 5) is 11.5. The number of hydrogen-bond acceptors (Lipinski definition) is 3. The van der Waals surface area contributed by atoms with Gasteiger partial charge in [0, 0.05) is 12.1 Å². The predicted octanol–water partition coefficient (Wildman–Crippen LogP) is 2.88. The van der Waals surface area contributed by atoms with Gasteiger partial charge < -0.3 is 0 Å². The van der Waals surface area contributed by atoms with Gasteiger partial charge >= 0.3 is 0 Å². The van der Waals surface area contributed by atoms with Crippen LogP contribution >= 0.6 is 0 Å². The van der Waals surface area contributed by atoms with Crippen molar-refractivity contribution in [2.75, 3.05) is 13.1 Å². The van der Waals surface area contributed by atoms with Gasteiger partial charge in [0.25, 0.3) is 0 Å². The molecule has 0 fully saturated rings. The zero-order valence-electron chi connectivity index (χ0n) is 14.4. The van der Waals surface area contributed by atoms with Crippen molar-refractivity contribution in [3.63, 3.8) is 0 Å². The van der Waals surface area contributed by atoms with E-state index in [0.717, 1.165) is 5.56 Å². The monoisotopic (exact) mass is 355 g/mol. The molecule has 0 bridgehead atoms. The number of sulfonamides is 1. The lowest BCUT2D eigenvalue weighted by Gasteiger charge is -2.18. The normalized spacial score (nSPS) is 16.3. The summed E-state index contributed by atoms with van der Waals surface area (Å²) in [5.41, 5.74) is 1.63. The third kappa shape index (κ3) is 4.79. The summed E-state index contributed by atoms with van der Waals surface area (Å²) in [5.74, 6) is 5.72. The highest BCUT2D eigenvalue weighted by molar-refractivity contribution is 7.89. The molecule has 0 amide bonds. The zero-order chi connectivity index (χ0) is 18.4. The lowest BCUT2D eigenvalue weighted by atomic mass is 10.1. The Kier molecular flexibility index (Phi) is 6.13. The Hall–Kier alpha value is -2.42. The van der Waals surface area contributed by atoms with Crippen LogP contribution in [0.4, 0.5) is 0 Å². The molecule has 1 aliphatic rings. The maximum Gasteiger partial charge on any atom is 0.244 e. The summed E-state index contributed by atoms with van der Waals surface area (Å²) in [7, 11) is -3.63. The number of rotatable bonds is 6. The second-order valence-electron chi connectivity index (χ2n) is 5.78. The van der Waals surface area contributed by atoms with Gasteiger partial charge in [-0.3, -0.25) is 4.79 Å². The summed E-state index contributed by atoms with van der Waals surface area (Å²) in [5, 5.41) is 0. The molecule has 0 aliphatic heterocycles. The topological polar surface area (TPSA) is 54.5 Å². The van der Waals surface area contributed by atoms with Crippen LogP contribution in [0.15, 0.2) is 65.6 Å². The molecule has 1 aliphatic carbocycles. The van der Waals surface area contributed by atoms with E-state index in [-0.39, 0.29) is 29.7 Å². The zero-order valence-corrected chi connectivity index (χ0v) is 15.2. The fourth-order valence-electron chi connectivity index (χ4n) is 2.34. The molecule has 0 heterocycles. The number of nitrogens with zero attached hydrogens (tertiary/aromatic N) is 1. The van der Waals surface area contributed by atoms with Crippen LogP contribution in [0, 0.1) is 24.7 Å². The number of carbonyl (C=O) groups excluding carboxylic acids is 1. The first kappa shape index (κ1) is 18.9. The Morgan fingerprint density at radius 2 is 2.00 bits per heavy atom. The van der Waals surface area contributed by atoms with Gasteiger partial charge in [-0.2, -0.15) is 4.31 Å². The van der Waals surface area contributed by atoms with Crippen LogP contribution in [0.1, 0.15) is 12.5 Å². The lowest BCUT2D eigenvalue weighted by molar-refractivity contribution is -0.113. The smallest absolute Gasteiger partial charge is 0.244 e. The maximum absolute atomic E-state index is 12.7. The fraction of sp³-hybridized carbons (Fsp3) is 0.250. The number of Topliss-reactive ketones (excluding diaryl/α,β-unsaturated/α-hetero) is 1. The Labute approximate surface area is 149 Å².